The van der Waals surface area contributed by atoms with Gasteiger partial charge in [-0.25, -0.2) is 4.98 Å². The summed E-state index contributed by atoms with van der Waals surface area (Å²) in [7, 11) is 0. The third kappa shape index (κ3) is 3.09. The summed E-state index contributed by atoms with van der Waals surface area (Å²) in [6.07, 6.45) is 3.31. The molecule has 98 valence electrons. The molecular weight excluding hydrogens is 246 g/mol. The highest BCUT2D eigenvalue weighted by Crippen LogP contribution is 2.04. The third-order valence-corrected chi connectivity index (χ3v) is 2.52. The van der Waals surface area contributed by atoms with E-state index in [1.807, 2.05) is 0 Å². The molecule has 1 aromatic heterocycles. The topological polar surface area (TPSA) is 116 Å². The van der Waals surface area contributed by atoms with Crippen molar-refractivity contribution in [1.29, 1.82) is 0 Å². The van der Waals surface area contributed by atoms with E-state index in [9.17, 15) is 4.79 Å². The first-order valence-electron chi connectivity index (χ1n) is 5.55. The molecule has 1 heterocycles. The standard InChI is InChI=1S/C12H13N5O2/c13-11(17-19)8-1-3-9(4-2-8)12(18)16-7-10-14-5-6-15-10/h1-6,19H,7H2,(H2,13,17)(H,14,15)(H,16,18). The van der Waals surface area contributed by atoms with Crippen molar-refractivity contribution >= 4 is 11.7 Å². The Balaban J connectivity index is 1.99. The number of benzene rings is 1. The van der Waals surface area contributed by atoms with Crippen LogP contribution in [0.1, 0.15) is 21.7 Å². The quantitative estimate of drug-likeness (QED) is 0.276. The fourth-order valence-corrected chi connectivity index (χ4v) is 1.51. The molecular formula is C12H13N5O2. The van der Waals surface area contributed by atoms with E-state index in [1.54, 1.807) is 36.7 Å². The first-order chi connectivity index (χ1) is 9.20. The lowest BCUT2D eigenvalue weighted by molar-refractivity contribution is 0.0950. The minimum Gasteiger partial charge on any atom is -0.409 e. The molecule has 0 saturated heterocycles. The number of carbonyl (C=O) groups excluding carboxylic acids is 1. The number of aromatic nitrogens is 2. The number of amidine groups is 1. The lowest BCUT2D eigenvalue weighted by Gasteiger charge is -2.04. The Morgan fingerprint density at radius 3 is 2.63 bits per heavy atom. The highest BCUT2D eigenvalue weighted by Gasteiger charge is 2.06. The molecule has 0 spiro atoms. The van der Waals surface area contributed by atoms with Crippen LogP contribution in [0, 0.1) is 0 Å². The molecule has 0 atom stereocenters. The highest BCUT2D eigenvalue weighted by molar-refractivity contribution is 5.99. The smallest absolute Gasteiger partial charge is 0.251 e. The Kier molecular flexibility index (Phi) is 3.77. The van der Waals surface area contributed by atoms with Crippen molar-refractivity contribution in [1.82, 2.24) is 15.3 Å². The van der Waals surface area contributed by atoms with Crippen molar-refractivity contribution in [2.45, 2.75) is 6.54 Å². The summed E-state index contributed by atoms with van der Waals surface area (Å²) in [5.41, 5.74) is 6.46. The van der Waals surface area contributed by atoms with Crippen LogP contribution in [0.25, 0.3) is 0 Å². The van der Waals surface area contributed by atoms with Gasteiger partial charge in [-0.3, -0.25) is 4.79 Å². The normalized spacial score (nSPS) is 11.3. The Morgan fingerprint density at radius 1 is 1.37 bits per heavy atom. The van der Waals surface area contributed by atoms with Gasteiger partial charge < -0.3 is 21.2 Å². The zero-order valence-electron chi connectivity index (χ0n) is 10.00. The van der Waals surface area contributed by atoms with E-state index in [4.69, 9.17) is 10.9 Å². The maximum atomic E-state index is 11.8. The highest BCUT2D eigenvalue weighted by atomic mass is 16.4. The number of amides is 1. The average Bonchev–Trinajstić information content (AvgIpc) is 2.97. The first-order valence-corrected chi connectivity index (χ1v) is 5.55. The summed E-state index contributed by atoms with van der Waals surface area (Å²) >= 11 is 0. The van der Waals surface area contributed by atoms with Crippen molar-refractivity contribution in [2.24, 2.45) is 10.9 Å². The van der Waals surface area contributed by atoms with E-state index in [1.165, 1.54) is 0 Å². The summed E-state index contributed by atoms with van der Waals surface area (Å²) in [5.74, 6) is 0.464. The summed E-state index contributed by atoms with van der Waals surface area (Å²) < 4.78 is 0. The second-order valence-corrected chi connectivity index (χ2v) is 3.78. The second-order valence-electron chi connectivity index (χ2n) is 3.78. The zero-order chi connectivity index (χ0) is 13.7. The average molecular weight is 259 g/mol. The Labute approximate surface area is 109 Å². The molecule has 7 heteroatoms. The molecule has 0 aliphatic rings. The minimum atomic E-state index is -0.220. The van der Waals surface area contributed by atoms with Crippen LogP contribution in [0.3, 0.4) is 0 Å². The van der Waals surface area contributed by atoms with Gasteiger partial charge in [0.2, 0.25) is 0 Å². The number of nitrogens with zero attached hydrogens (tertiary/aromatic N) is 2. The van der Waals surface area contributed by atoms with Crippen molar-refractivity contribution in [3.8, 4) is 0 Å². The van der Waals surface area contributed by atoms with Crippen LogP contribution in [0.2, 0.25) is 0 Å². The molecule has 0 bridgehead atoms. The van der Waals surface area contributed by atoms with Gasteiger partial charge in [-0.05, 0) is 12.1 Å². The largest absolute Gasteiger partial charge is 0.409 e. The second kappa shape index (κ2) is 5.67. The van der Waals surface area contributed by atoms with Gasteiger partial charge in [-0.1, -0.05) is 17.3 Å². The van der Waals surface area contributed by atoms with Gasteiger partial charge in [0.1, 0.15) is 5.82 Å². The molecule has 0 aliphatic heterocycles. The number of hydrogen-bond acceptors (Lipinski definition) is 4. The number of hydrogen-bond donors (Lipinski definition) is 4. The molecule has 2 aromatic rings. The SMILES string of the molecule is NC(=NO)c1ccc(C(=O)NCc2ncc[nH]2)cc1. The van der Waals surface area contributed by atoms with E-state index in [0.29, 0.717) is 23.5 Å². The molecule has 1 aromatic carbocycles. The zero-order valence-corrected chi connectivity index (χ0v) is 10.00. The van der Waals surface area contributed by atoms with E-state index >= 15 is 0 Å². The van der Waals surface area contributed by atoms with Gasteiger partial charge in [0.15, 0.2) is 5.84 Å². The number of nitrogens with one attached hydrogen (secondary N) is 2. The molecule has 19 heavy (non-hydrogen) atoms. The van der Waals surface area contributed by atoms with Gasteiger partial charge in [0.05, 0.1) is 6.54 Å². The molecule has 2 rings (SSSR count). The number of nitrogens with two attached hydrogens (primary N) is 1. The number of aromatic amines is 1. The monoisotopic (exact) mass is 259 g/mol. The van der Waals surface area contributed by atoms with Crippen molar-refractivity contribution in [2.75, 3.05) is 0 Å². The van der Waals surface area contributed by atoms with Crippen LogP contribution in [0.5, 0.6) is 0 Å². The number of rotatable bonds is 4. The van der Waals surface area contributed by atoms with Gasteiger partial charge in [0, 0.05) is 23.5 Å². The first kappa shape index (κ1) is 12.6. The van der Waals surface area contributed by atoms with Gasteiger partial charge >= 0.3 is 0 Å². The van der Waals surface area contributed by atoms with Crippen LogP contribution in [0.15, 0.2) is 41.8 Å². The fraction of sp³-hybridized carbons (Fsp3) is 0.0833. The van der Waals surface area contributed by atoms with Gasteiger partial charge in [-0.2, -0.15) is 0 Å². The molecule has 0 fully saturated rings. The predicted molar refractivity (Wildman–Crippen MR) is 68.7 cm³/mol. The molecule has 0 saturated carbocycles. The van der Waals surface area contributed by atoms with Crippen molar-refractivity contribution in [3.05, 3.63) is 53.6 Å². The molecule has 1 amide bonds. The fourth-order valence-electron chi connectivity index (χ4n) is 1.51. The van der Waals surface area contributed by atoms with Crippen LogP contribution < -0.4 is 11.1 Å². The van der Waals surface area contributed by atoms with Crippen LogP contribution in [-0.4, -0.2) is 26.9 Å². The minimum absolute atomic E-state index is 0.00236. The Bertz CT molecular complexity index is 575. The summed E-state index contributed by atoms with van der Waals surface area (Å²) in [4.78, 5) is 18.7. The van der Waals surface area contributed by atoms with Crippen LogP contribution in [-0.2, 0) is 6.54 Å². The summed E-state index contributed by atoms with van der Waals surface area (Å²) in [6, 6.07) is 6.42. The molecule has 0 radical (unpaired) electrons. The number of imidazole rings is 1. The van der Waals surface area contributed by atoms with Crippen LogP contribution >= 0.6 is 0 Å². The lowest BCUT2D eigenvalue weighted by Crippen LogP contribution is -2.23. The lowest BCUT2D eigenvalue weighted by atomic mass is 10.1. The van der Waals surface area contributed by atoms with Crippen molar-refractivity contribution in [3.63, 3.8) is 0 Å². The summed E-state index contributed by atoms with van der Waals surface area (Å²) in [5, 5.41) is 14.1. The number of H-pyrrole nitrogens is 1. The Hall–Kier alpha value is -2.83. The molecule has 5 N–H and O–H groups in total. The van der Waals surface area contributed by atoms with Crippen LogP contribution in [0.4, 0.5) is 0 Å². The van der Waals surface area contributed by atoms with Gasteiger partial charge in [-0.15, -0.1) is 0 Å². The van der Waals surface area contributed by atoms with E-state index in [2.05, 4.69) is 20.4 Å². The predicted octanol–water partition coefficient (Wildman–Crippen LogP) is 0.434. The molecule has 7 nitrogen and oxygen atoms in total. The molecule has 0 aliphatic carbocycles. The van der Waals surface area contributed by atoms with E-state index in [-0.39, 0.29) is 11.7 Å². The van der Waals surface area contributed by atoms with E-state index < -0.39 is 0 Å². The Morgan fingerprint density at radius 2 is 2.05 bits per heavy atom. The molecule has 0 unspecified atom stereocenters. The van der Waals surface area contributed by atoms with E-state index in [0.717, 1.165) is 0 Å². The third-order valence-electron chi connectivity index (χ3n) is 2.52. The maximum Gasteiger partial charge on any atom is 0.251 e. The van der Waals surface area contributed by atoms with Crippen molar-refractivity contribution < 1.29 is 10.0 Å². The number of carbonyl (C=O) groups is 1. The maximum absolute atomic E-state index is 11.8. The number of oxime groups is 1. The van der Waals surface area contributed by atoms with Gasteiger partial charge in [0.25, 0.3) is 5.91 Å². The summed E-state index contributed by atoms with van der Waals surface area (Å²) in [6.45, 7) is 0.327.